The zero-order chi connectivity index (χ0) is 17.1. The SMILES string of the molecule is CNCC1CCCN1C(=O)Cc1c(C)nn(-c2ccccc2)c1C. The third-order valence-electron chi connectivity index (χ3n) is 4.91. The second-order valence-corrected chi connectivity index (χ2v) is 6.51. The Labute approximate surface area is 143 Å². The second kappa shape index (κ2) is 7.18. The highest BCUT2D eigenvalue weighted by Gasteiger charge is 2.29. The lowest BCUT2D eigenvalue weighted by molar-refractivity contribution is -0.131. The summed E-state index contributed by atoms with van der Waals surface area (Å²) in [5.41, 5.74) is 4.08. The smallest absolute Gasteiger partial charge is 0.227 e. The Bertz CT molecular complexity index is 708. The second-order valence-electron chi connectivity index (χ2n) is 6.51. The first-order valence-corrected chi connectivity index (χ1v) is 8.66. The molecule has 0 spiro atoms. The maximum Gasteiger partial charge on any atom is 0.227 e. The Morgan fingerprint density at radius 2 is 2.04 bits per heavy atom. The van der Waals surface area contributed by atoms with Crippen molar-refractivity contribution in [3.05, 3.63) is 47.3 Å². The molecule has 0 bridgehead atoms. The molecule has 1 saturated heterocycles. The molecule has 1 atom stereocenters. The van der Waals surface area contributed by atoms with Gasteiger partial charge in [0.25, 0.3) is 0 Å². The van der Waals surface area contributed by atoms with E-state index in [1.165, 1.54) is 0 Å². The highest BCUT2D eigenvalue weighted by molar-refractivity contribution is 5.80. The lowest BCUT2D eigenvalue weighted by Gasteiger charge is -2.24. The Morgan fingerprint density at radius 3 is 2.75 bits per heavy atom. The van der Waals surface area contributed by atoms with Crippen molar-refractivity contribution in [1.82, 2.24) is 20.0 Å². The Morgan fingerprint density at radius 1 is 1.29 bits per heavy atom. The van der Waals surface area contributed by atoms with Crippen molar-refractivity contribution >= 4 is 5.91 Å². The van der Waals surface area contributed by atoms with Gasteiger partial charge in [-0.25, -0.2) is 4.68 Å². The number of nitrogens with zero attached hydrogens (tertiary/aromatic N) is 3. The van der Waals surface area contributed by atoms with E-state index >= 15 is 0 Å². The number of likely N-dealkylation sites (N-methyl/N-ethyl adjacent to an activating group) is 1. The summed E-state index contributed by atoms with van der Waals surface area (Å²) in [7, 11) is 1.94. The summed E-state index contributed by atoms with van der Waals surface area (Å²) in [5, 5.41) is 7.85. The van der Waals surface area contributed by atoms with Crippen LogP contribution in [-0.2, 0) is 11.2 Å². The quantitative estimate of drug-likeness (QED) is 0.917. The number of aromatic nitrogens is 2. The van der Waals surface area contributed by atoms with Crippen molar-refractivity contribution in [2.24, 2.45) is 0 Å². The zero-order valence-electron chi connectivity index (χ0n) is 14.7. The minimum Gasteiger partial charge on any atom is -0.338 e. The number of hydrogen-bond donors (Lipinski definition) is 1. The fourth-order valence-corrected chi connectivity index (χ4v) is 3.62. The standard InChI is InChI=1S/C19H26N4O/c1-14-18(12-19(24)22-11-7-10-17(22)13-20-3)15(2)23(21-14)16-8-5-4-6-9-16/h4-6,8-9,17,20H,7,10-13H2,1-3H3. The summed E-state index contributed by atoms with van der Waals surface area (Å²) in [6.07, 6.45) is 2.62. The maximum atomic E-state index is 12.8. The van der Waals surface area contributed by atoms with Gasteiger partial charge in [-0.1, -0.05) is 18.2 Å². The summed E-state index contributed by atoms with van der Waals surface area (Å²) in [4.78, 5) is 14.8. The number of carbonyl (C=O) groups excluding carboxylic acids is 1. The number of para-hydroxylation sites is 1. The van der Waals surface area contributed by atoms with Crippen LogP contribution in [0.25, 0.3) is 5.69 Å². The van der Waals surface area contributed by atoms with Gasteiger partial charge in [0.1, 0.15) is 0 Å². The van der Waals surface area contributed by atoms with Gasteiger partial charge in [-0.2, -0.15) is 5.10 Å². The number of amides is 1. The molecule has 2 heterocycles. The van der Waals surface area contributed by atoms with Gasteiger partial charge in [0.15, 0.2) is 0 Å². The van der Waals surface area contributed by atoms with Crippen LogP contribution in [0.3, 0.4) is 0 Å². The van der Waals surface area contributed by atoms with Crippen LogP contribution in [-0.4, -0.2) is 46.8 Å². The molecule has 5 nitrogen and oxygen atoms in total. The summed E-state index contributed by atoms with van der Waals surface area (Å²) in [6, 6.07) is 10.4. The number of likely N-dealkylation sites (tertiary alicyclic amines) is 1. The van der Waals surface area contributed by atoms with Gasteiger partial charge < -0.3 is 10.2 Å². The first kappa shape index (κ1) is 16.7. The van der Waals surface area contributed by atoms with Crippen LogP contribution in [0.15, 0.2) is 30.3 Å². The zero-order valence-corrected chi connectivity index (χ0v) is 14.7. The van der Waals surface area contributed by atoms with E-state index < -0.39 is 0 Å². The fraction of sp³-hybridized carbons (Fsp3) is 0.474. The average molecular weight is 326 g/mol. The van der Waals surface area contributed by atoms with Crippen LogP contribution in [0, 0.1) is 13.8 Å². The van der Waals surface area contributed by atoms with Crippen molar-refractivity contribution in [3.63, 3.8) is 0 Å². The monoisotopic (exact) mass is 326 g/mol. The van der Waals surface area contributed by atoms with Crippen LogP contribution in [0.5, 0.6) is 0 Å². The van der Waals surface area contributed by atoms with E-state index in [1.807, 2.05) is 60.8 Å². The lowest BCUT2D eigenvalue weighted by atomic mass is 10.1. The molecule has 0 aliphatic carbocycles. The molecule has 1 amide bonds. The summed E-state index contributed by atoms with van der Waals surface area (Å²) in [6.45, 7) is 5.78. The molecule has 128 valence electrons. The number of carbonyl (C=O) groups is 1. The van der Waals surface area contributed by atoms with Crippen molar-refractivity contribution in [2.45, 2.75) is 39.2 Å². The predicted molar refractivity (Wildman–Crippen MR) is 95.4 cm³/mol. The first-order valence-electron chi connectivity index (χ1n) is 8.66. The number of nitrogens with one attached hydrogen (secondary N) is 1. The molecule has 5 heteroatoms. The molecular weight excluding hydrogens is 300 g/mol. The Kier molecular flexibility index (Phi) is 5.00. The van der Waals surface area contributed by atoms with E-state index in [2.05, 4.69) is 10.4 Å². The Hall–Kier alpha value is -2.14. The molecule has 1 unspecified atom stereocenters. The molecule has 0 radical (unpaired) electrons. The maximum absolute atomic E-state index is 12.8. The van der Waals surface area contributed by atoms with Gasteiger partial charge in [-0.3, -0.25) is 4.79 Å². The molecule has 1 aliphatic heterocycles. The largest absolute Gasteiger partial charge is 0.338 e. The van der Waals surface area contributed by atoms with Gasteiger partial charge in [0.05, 0.1) is 17.8 Å². The van der Waals surface area contributed by atoms with E-state index in [4.69, 9.17) is 0 Å². The van der Waals surface area contributed by atoms with Gasteiger partial charge >= 0.3 is 0 Å². The van der Waals surface area contributed by atoms with Gasteiger partial charge in [0.2, 0.25) is 5.91 Å². The topological polar surface area (TPSA) is 50.2 Å². The minimum atomic E-state index is 0.214. The number of rotatable bonds is 5. The molecule has 1 aromatic heterocycles. The summed E-state index contributed by atoms with van der Waals surface area (Å²) < 4.78 is 1.94. The third kappa shape index (κ3) is 3.22. The molecule has 24 heavy (non-hydrogen) atoms. The van der Waals surface area contributed by atoms with Crippen molar-refractivity contribution in [3.8, 4) is 5.69 Å². The lowest BCUT2D eigenvalue weighted by Crippen LogP contribution is -2.41. The van der Waals surface area contributed by atoms with Gasteiger partial charge in [-0.15, -0.1) is 0 Å². The first-order chi connectivity index (χ1) is 11.6. The molecule has 2 aromatic rings. The van der Waals surface area contributed by atoms with E-state index in [9.17, 15) is 4.79 Å². The highest BCUT2D eigenvalue weighted by Crippen LogP contribution is 2.22. The normalized spacial score (nSPS) is 17.5. The van der Waals surface area contributed by atoms with Crippen LogP contribution < -0.4 is 5.32 Å². The van der Waals surface area contributed by atoms with Gasteiger partial charge in [-0.05, 0) is 45.9 Å². The van der Waals surface area contributed by atoms with E-state index in [-0.39, 0.29) is 5.91 Å². The molecule has 1 aromatic carbocycles. The van der Waals surface area contributed by atoms with Crippen molar-refractivity contribution < 1.29 is 4.79 Å². The van der Waals surface area contributed by atoms with E-state index in [1.54, 1.807) is 0 Å². The van der Waals surface area contributed by atoms with E-state index in [0.717, 1.165) is 48.6 Å². The average Bonchev–Trinajstić information content (AvgIpc) is 3.16. The molecular formula is C19H26N4O. The molecule has 1 N–H and O–H groups in total. The van der Waals surface area contributed by atoms with Crippen molar-refractivity contribution in [1.29, 1.82) is 0 Å². The number of hydrogen-bond acceptors (Lipinski definition) is 3. The van der Waals surface area contributed by atoms with Crippen LogP contribution in [0.1, 0.15) is 29.8 Å². The number of benzene rings is 1. The summed E-state index contributed by atoms with van der Waals surface area (Å²) >= 11 is 0. The third-order valence-corrected chi connectivity index (χ3v) is 4.91. The number of aryl methyl sites for hydroxylation is 1. The highest BCUT2D eigenvalue weighted by atomic mass is 16.2. The van der Waals surface area contributed by atoms with Crippen LogP contribution >= 0.6 is 0 Å². The van der Waals surface area contributed by atoms with Crippen molar-refractivity contribution in [2.75, 3.05) is 20.1 Å². The molecule has 0 saturated carbocycles. The molecule has 1 aliphatic rings. The van der Waals surface area contributed by atoms with E-state index in [0.29, 0.717) is 12.5 Å². The van der Waals surface area contributed by atoms with Crippen LogP contribution in [0.4, 0.5) is 0 Å². The van der Waals surface area contributed by atoms with Gasteiger partial charge in [0, 0.05) is 30.4 Å². The van der Waals surface area contributed by atoms with Crippen LogP contribution in [0.2, 0.25) is 0 Å². The molecule has 1 fully saturated rings. The summed E-state index contributed by atoms with van der Waals surface area (Å²) in [5.74, 6) is 0.214. The Balaban J connectivity index is 1.81. The fourth-order valence-electron chi connectivity index (χ4n) is 3.62. The molecule has 3 rings (SSSR count). The minimum absolute atomic E-state index is 0.214. The predicted octanol–water partition coefficient (Wildman–Crippen LogP) is 2.24.